The summed E-state index contributed by atoms with van der Waals surface area (Å²) >= 11 is 0. The average Bonchev–Trinajstić information content (AvgIpc) is 3.48. The van der Waals surface area contributed by atoms with Crippen LogP contribution in [0.25, 0.3) is 44.9 Å². The smallest absolute Gasteiger partial charge is 0.237 e. The number of fused-ring (bicyclic) bond motifs is 1. The zero-order valence-corrected chi connectivity index (χ0v) is 23.5. The number of ether oxygens (including phenoxy) is 1. The molecule has 5 aromatic rings. The second kappa shape index (κ2) is 10.8. The third-order valence-electron chi connectivity index (χ3n) is 6.44. The van der Waals surface area contributed by atoms with E-state index in [1.807, 2.05) is 32.9 Å². The molecule has 5 rings (SSSR count). The Labute approximate surface area is 231 Å². The van der Waals surface area contributed by atoms with Gasteiger partial charge in [-0.3, -0.25) is 0 Å². The third-order valence-corrected chi connectivity index (χ3v) is 7.43. The number of rotatable bonds is 9. The van der Waals surface area contributed by atoms with E-state index in [1.165, 1.54) is 12.5 Å². The molecule has 0 saturated carbocycles. The van der Waals surface area contributed by atoms with E-state index < -0.39 is 16.1 Å². The van der Waals surface area contributed by atoms with Crippen LogP contribution >= 0.6 is 0 Å². The molecular weight excluding hydrogens is 534 g/mol. The fraction of sp³-hybridized carbons (Fsp3) is 0.296. The monoisotopic (exact) mass is 563 g/mol. The lowest BCUT2D eigenvalue weighted by Gasteiger charge is -2.14. The van der Waals surface area contributed by atoms with Crippen molar-refractivity contribution in [3.63, 3.8) is 0 Å². The van der Waals surface area contributed by atoms with Crippen molar-refractivity contribution in [3.05, 3.63) is 60.0 Å². The number of benzene rings is 1. The molecule has 0 spiro atoms. The van der Waals surface area contributed by atoms with Crippen molar-refractivity contribution in [1.29, 1.82) is 0 Å². The summed E-state index contributed by atoms with van der Waals surface area (Å²) in [4.78, 5) is 18.2. The second-order valence-corrected chi connectivity index (χ2v) is 11.3. The van der Waals surface area contributed by atoms with E-state index in [1.54, 1.807) is 25.4 Å². The van der Waals surface area contributed by atoms with Crippen LogP contribution in [0.1, 0.15) is 17.0 Å². The fourth-order valence-electron chi connectivity index (χ4n) is 4.56. The molecular formula is C27H29N7O5S. The molecule has 1 aromatic carbocycles. The van der Waals surface area contributed by atoms with Gasteiger partial charge in [-0.15, -0.1) is 0 Å². The molecule has 0 fully saturated rings. The number of nitrogens with zero attached hydrogens (tertiary/aromatic N) is 6. The molecule has 13 heteroatoms. The minimum absolute atomic E-state index is 0.111. The Kier molecular flexibility index (Phi) is 7.36. The molecule has 0 saturated heterocycles. The lowest BCUT2D eigenvalue weighted by atomic mass is 10.00. The van der Waals surface area contributed by atoms with Gasteiger partial charge in [-0.1, -0.05) is 17.3 Å². The largest absolute Gasteiger partial charge is 0.491 e. The van der Waals surface area contributed by atoms with E-state index in [-0.39, 0.29) is 12.3 Å². The van der Waals surface area contributed by atoms with Crippen molar-refractivity contribution in [2.24, 2.45) is 0 Å². The first-order valence-corrected chi connectivity index (χ1v) is 14.3. The van der Waals surface area contributed by atoms with Gasteiger partial charge in [0.2, 0.25) is 10.0 Å². The quantitative estimate of drug-likeness (QED) is 0.272. The van der Waals surface area contributed by atoms with Crippen LogP contribution in [0.3, 0.4) is 0 Å². The highest BCUT2D eigenvalue weighted by Gasteiger charge is 2.25. The molecule has 12 nitrogen and oxygen atoms in total. The van der Waals surface area contributed by atoms with E-state index in [4.69, 9.17) is 19.2 Å². The maximum atomic E-state index is 12.6. The zero-order chi connectivity index (χ0) is 28.6. The Morgan fingerprint density at radius 2 is 1.95 bits per heavy atom. The molecule has 4 aromatic heterocycles. The van der Waals surface area contributed by atoms with Crippen molar-refractivity contribution < 1.29 is 22.8 Å². The van der Waals surface area contributed by atoms with Gasteiger partial charge in [-0.25, -0.2) is 32.3 Å². The Morgan fingerprint density at radius 3 is 2.65 bits per heavy atom. The number of hydrogen-bond acceptors (Lipinski definition) is 11. The minimum Gasteiger partial charge on any atom is -0.491 e. The number of aryl methyl sites for hydroxylation is 2. The lowest BCUT2D eigenvalue weighted by molar-refractivity contribution is 0.108. The van der Waals surface area contributed by atoms with Gasteiger partial charge in [-0.2, -0.15) is 0 Å². The van der Waals surface area contributed by atoms with Crippen LogP contribution in [0.5, 0.6) is 5.75 Å². The van der Waals surface area contributed by atoms with Gasteiger partial charge in [0.1, 0.15) is 30.5 Å². The molecule has 0 unspecified atom stereocenters. The van der Waals surface area contributed by atoms with Crippen LogP contribution in [0.15, 0.2) is 47.5 Å². The van der Waals surface area contributed by atoms with Crippen molar-refractivity contribution >= 4 is 21.1 Å². The van der Waals surface area contributed by atoms with E-state index in [9.17, 15) is 13.5 Å². The van der Waals surface area contributed by atoms with E-state index in [0.29, 0.717) is 63.0 Å². The number of aromatic nitrogens is 6. The number of aliphatic hydroxyl groups excluding tert-OH is 1. The Morgan fingerprint density at radius 1 is 1.18 bits per heavy atom. The summed E-state index contributed by atoms with van der Waals surface area (Å²) in [6.45, 7) is 6.03. The highest BCUT2D eigenvalue weighted by molar-refractivity contribution is 7.89. The molecule has 0 aliphatic carbocycles. The van der Waals surface area contributed by atoms with Gasteiger partial charge >= 0.3 is 0 Å². The second-order valence-electron chi connectivity index (χ2n) is 9.48. The van der Waals surface area contributed by atoms with Gasteiger partial charge in [-0.05, 0) is 40.0 Å². The molecule has 4 heterocycles. The summed E-state index contributed by atoms with van der Waals surface area (Å²) in [5.41, 5.74) is 4.67. The number of likely N-dealkylation sites (N-methyl/N-ethyl adjacent to an activating group) is 1. The van der Waals surface area contributed by atoms with Crippen molar-refractivity contribution in [3.8, 4) is 39.7 Å². The van der Waals surface area contributed by atoms with Gasteiger partial charge in [0.15, 0.2) is 11.5 Å². The summed E-state index contributed by atoms with van der Waals surface area (Å²) in [5.74, 6) is 1.52. The van der Waals surface area contributed by atoms with Crippen molar-refractivity contribution in [1.82, 2.24) is 34.4 Å². The molecule has 1 atom stereocenters. The highest BCUT2D eigenvalue weighted by atomic mass is 32.2. The van der Waals surface area contributed by atoms with Gasteiger partial charge < -0.3 is 19.7 Å². The topological polar surface area (TPSA) is 158 Å². The Bertz CT molecular complexity index is 1790. The molecule has 208 valence electrons. The van der Waals surface area contributed by atoms with Crippen LogP contribution < -0.4 is 10.1 Å². The maximum Gasteiger partial charge on any atom is 0.237 e. The zero-order valence-electron chi connectivity index (χ0n) is 22.7. The molecule has 40 heavy (non-hydrogen) atoms. The number of nitrogens with one attached hydrogen (secondary N) is 1. The summed E-state index contributed by atoms with van der Waals surface area (Å²) in [7, 11) is -1.91. The van der Waals surface area contributed by atoms with Gasteiger partial charge in [0.25, 0.3) is 0 Å². The van der Waals surface area contributed by atoms with Crippen LogP contribution in [-0.2, 0) is 10.0 Å². The third kappa shape index (κ3) is 5.18. The van der Waals surface area contributed by atoms with Gasteiger partial charge in [0.05, 0.1) is 28.9 Å². The van der Waals surface area contributed by atoms with Crippen molar-refractivity contribution in [2.75, 3.05) is 26.5 Å². The lowest BCUT2D eigenvalue weighted by Crippen LogP contribution is -2.29. The van der Waals surface area contributed by atoms with E-state index >= 15 is 0 Å². The predicted octanol–water partition coefficient (Wildman–Crippen LogP) is 2.90. The molecule has 0 aliphatic heterocycles. The van der Waals surface area contributed by atoms with Crippen LogP contribution in [0.4, 0.5) is 0 Å². The first-order chi connectivity index (χ1) is 19.1. The first-order valence-electron chi connectivity index (χ1n) is 12.5. The highest BCUT2D eigenvalue weighted by Crippen LogP contribution is 2.38. The fourth-order valence-corrected chi connectivity index (χ4v) is 5.32. The van der Waals surface area contributed by atoms with Crippen molar-refractivity contribution in [2.45, 2.75) is 26.9 Å². The first kappa shape index (κ1) is 27.4. The average molecular weight is 564 g/mol. The summed E-state index contributed by atoms with van der Waals surface area (Å²) in [6.07, 6.45) is 4.83. The summed E-state index contributed by atoms with van der Waals surface area (Å²) in [5, 5.41) is 17.6. The van der Waals surface area contributed by atoms with E-state index in [2.05, 4.69) is 20.4 Å². The van der Waals surface area contributed by atoms with E-state index in [0.717, 1.165) is 15.8 Å². The van der Waals surface area contributed by atoms with Crippen LogP contribution in [-0.4, -0.2) is 75.1 Å². The maximum absolute atomic E-state index is 12.6. The molecule has 2 N–H and O–H groups in total. The number of hydrogen-bond donors (Lipinski definition) is 2. The van der Waals surface area contributed by atoms with Crippen LogP contribution in [0.2, 0.25) is 0 Å². The standard InChI is InChI=1S/C27H29N7O5S/c1-15-24(22-12-34(40(5,36)37)27-21(22)11-29-14-30-27)31-26(32-25(15)23-16(2)33-39-17(23)3)18-7-6-8-20(9-18)38-13-19(35)10-28-4/h6-9,11-12,14,19,28,35H,10,13H2,1-5H3/t19-/m1/s1. The Balaban J connectivity index is 1.73. The molecule has 0 aliphatic rings. The predicted molar refractivity (Wildman–Crippen MR) is 149 cm³/mol. The van der Waals surface area contributed by atoms with Gasteiger partial charge in [0, 0.05) is 41.0 Å². The normalized spacial score (nSPS) is 12.7. The number of aliphatic hydroxyl groups is 1. The Hall–Kier alpha value is -4.20. The molecule has 0 radical (unpaired) electrons. The molecule has 0 amide bonds. The minimum atomic E-state index is -3.67. The summed E-state index contributed by atoms with van der Waals surface area (Å²) in [6, 6.07) is 7.25. The SMILES string of the molecule is CNC[C@@H](O)COc1cccc(-c2nc(-c3c(C)noc3C)c(C)c(-c3cn(S(C)(=O)=O)c4ncncc34)n2)c1. The van der Waals surface area contributed by atoms with Crippen LogP contribution in [0, 0.1) is 20.8 Å². The molecule has 0 bridgehead atoms. The summed E-state index contributed by atoms with van der Waals surface area (Å²) < 4.78 is 37.6.